The van der Waals surface area contributed by atoms with E-state index in [-0.39, 0.29) is 0 Å². The first-order chi connectivity index (χ1) is 10.2. The fraction of sp³-hybridized carbons (Fsp3) is 0.357. The van der Waals surface area contributed by atoms with Crippen LogP contribution in [-0.2, 0) is 13.2 Å². The standard InChI is InChI=1S/C14H18N2O4S/c1-17-11-4-10(5-12(18-2)14(11)19-3)20-7-9-8-21-13(6-15)16-9/h4-5,8H,6-7,15H2,1-3H3. The van der Waals surface area contributed by atoms with Crippen molar-refractivity contribution >= 4 is 11.3 Å². The molecule has 2 aromatic rings. The van der Waals surface area contributed by atoms with Gasteiger partial charge in [0.2, 0.25) is 5.75 Å². The molecule has 114 valence electrons. The number of rotatable bonds is 7. The molecule has 0 aliphatic heterocycles. The van der Waals surface area contributed by atoms with Gasteiger partial charge in [-0.15, -0.1) is 11.3 Å². The number of methoxy groups -OCH3 is 3. The molecule has 1 aromatic heterocycles. The Kier molecular flexibility index (Phi) is 5.24. The molecule has 0 unspecified atom stereocenters. The van der Waals surface area contributed by atoms with E-state index in [1.807, 2.05) is 5.38 Å². The quantitative estimate of drug-likeness (QED) is 0.845. The second kappa shape index (κ2) is 7.14. The minimum atomic E-state index is 0.356. The molecule has 0 bridgehead atoms. The molecule has 0 spiro atoms. The normalized spacial score (nSPS) is 10.3. The van der Waals surface area contributed by atoms with Crippen molar-refractivity contribution in [1.82, 2.24) is 4.98 Å². The molecule has 7 heteroatoms. The number of nitrogens with two attached hydrogens (primary N) is 1. The Morgan fingerprint density at radius 1 is 1.10 bits per heavy atom. The Morgan fingerprint density at radius 3 is 2.24 bits per heavy atom. The van der Waals surface area contributed by atoms with Crippen molar-refractivity contribution in [2.75, 3.05) is 21.3 Å². The zero-order valence-corrected chi connectivity index (χ0v) is 13.0. The highest BCUT2D eigenvalue weighted by Gasteiger charge is 2.14. The first kappa shape index (κ1) is 15.4. The van der Waals surface area contributed by atoms with E-state index in [0.717, 1.165) is 10.7 Å². The van der Waals surface area contributed by atoms with Crippen molar-refractivity contribution in [2.45, 2.75) is 13.2 Å². The van der Waals surface area contributed by atoms with Crippen LogP contribution in [0, 0.1) is 0 Å². The van der Waals surface area contributed by atoms with Crippen LogP contribution in [0.25, 0.3) is 0 Å². The lowest BCUT2D eigenvalue weighted by Crippen LogP contribution is -2.00. The molecular formula is C14H18N2O4S. The second-order valence-corrected chi connectivity index (χ2v) is 5.03. The summed E-state index contributed by atoms with van der Waals surface area (Å²) >= 11 is 1.52. The topological polar surface area (TPSA) is 75.8 Å². The largest absolute Gasteiger partial charge is 0.493 e. The van der Waals surface area contributed by atoms with Crippen LogP contribution in [0.1, 0.15) is 10.7 Å². The molecule has 21 heavy (non-hydrogen) atoms. The molecule has 1 aromatic carbocycles. The highest BCUT2D eigenvalue weighted by atomic mass is 32.1. The number of benzene rings is 1. The van der Waals surface area contributed by atoms with Gasteiger partial charge in [-0.1, -0.05) is 0 Å². The van der Waals surface area contributed by atoms with E-state index in [1.165, 1.54) is 11.3 Å². The van der Waals surface area contributed by atoms with Crippen molar-refractivity contribution in [3.8, 4) is 23.0 Å². The Balaban J connectivity index is 2.15. The monoisotopic (exact) mass is 310 g/mol. The molecule has 2 rings (SSSR count). The van der Waals surface area contributed by atoms with Gasteiger partial charge in [0.25, 0.3) is 0 Å². The van der Waals surface area contributed by atoms with E-state index in [1.54, 1.807) is 33.5 Å². The molecule has 6 nitrogen and oxygen atoms in total. The third-order valence-corrected chi connectivity index (χ3v) is 3.72. The molecule has 0 radical (unpaired) electrons. The summed E-state index contributed by atoms with van der Waals surface area (Å²) in [6.45, 7) is 0.796. The van der Waals surface area contributed by atoms with Crippen LogP contribution >= 0.6 is 11.3 Å². The fourth-order valence-electron chi connectivity index (χ4n) is 1.81. The van der Waals surface area contributed by atoms with Crippen molar-refractivity contribution in [3.05, 3.63) is 28.2 Å². The number of hydrogen-bond acceptors (Lipinski definition) is 7. The number of thiazole rings is 1. The SMILES string of the molecule is COc1cc(OCc2csc(CN)n2)cc(OC)c1OC. The van der Waals surface area contributed by atoms with Gasteiger partial charge in [0, 0.05) is 24.1 Å². The van der Waals surface area contributed by atoms with Crippen LogP contribution in [0.15, 0.2) is 17.5 Å². The molecule has 0 aliphatic rings. The summed E-state index contributed by atoms with van der Waals surface area (Å²) in [6, 6.07) is 3.50. The van der Waals surface area contributed by atoms with Crippen LogP contribution in [0.2, 0.25) is 0 Å². The smallest absolute Gasteiger partial charge is 0.203 e. The van der Waals surface area contributed by atoms with Crippen molar-refractivity contribution in [1.29, 1.82) is 0 Å². The summed E-state index contributed by atoms with van der Waals surface area (Å²) in [5.74, 6) is 2.25. The molecule has 0 amide bonds. The van der Waals surface area contributed by atoms with Gasteiger partial charge in [-0.05, 0) is 0 Å². The summed E-state index contributed by atoms with van der Waals surface area (Å²) in [7, 11) is 4.69. The third kappa shape index (κ3) is 3.56. The van der Waals surface area contributed by atoms with Gasteiger partial charge in [0.1, 0.15) is 17.4 Å². The summed E-state index contributed by atoms with van der Waals surface area (Å²) in [5.41, 5.74) is 6.38. The van der Waals surface area contributed by atoms with Crippen molar-refractivity contribution in [2.24, 2.45) is 5.73 Å². The van der Waals surface area contributed by atoms with E-state index < -0.39 is 0 Å². The van der Waals surface area contributed by atoms with E-state index in [2.05, 4.69) is 4.98 Å². The van der Waals surface area contributed by atoms with E-state index >= 15 is 0 Å². The van der Waals surface area contributed by atoms with Gasteiger partial charge in [-0.25, -0.2) is 4.98 Å². The zero-order chi connectivity index (χ0) is 15.2. The van der Waals surface area contributed by atoms with Crippen LogP contribution in [-0.4, -0.2) is 26.3 Å². The molecule has 0 saturated carbocycles. The zero-order valence-electron chi connectivity index (χ0n) is 12.2. The lowest BCUT2D eigenvalue weighted by atomic mass is 10.2. The first-order valence-corrected chi connectivity index (χ1v) is 7.16. The minimum absolute atomic E-state index is 0.356. The predicted molar refractivity (Wildman–Crippen MR) is 80.4 cm³/mol. The maximum Gasteiger partial charge on any atom is 0.203 e. The Hall–Kier alpha value is -1.99. The number of hydrogen-bond donors (Lipinski definition) is 1. The van der Waals surface area contributed by atoms with Gasteiger partial charge in [0.15, 0.2) is 11.5 Å². The molecule has 0 atom stereocenters. The van der Waals surface area contributed by atoms with Gasteiger partial charge < -0.3 is 24.7 Å². The van der Waals surface area contributed by atoms with Gasteiger partial charge >= 0.3 is 0 Å². The summed E-state index contributed by atoms with van der Waals surface area (Å²) < 4.78 is 21.5. The van der Waals surface area contributed by atoms with E-state index in [4.69, 9.17) is 24.7 Å². The number of ether oxygens (including phenoxy) is 4. The third-order valence-electron chi connectivity index (χ3n) is 2.80. The van der Waals surface area contributed by atoms with Crippen LogP contribution in [0.5, 0.6) is 23.0 Å². The van der Waals surface area contributed by atoms with E-state index in [9.17, 15) is 0 Å². The highest BCUT2D eigenvalue weighted by Crippen LogP contribution is 2.40. The van der Waals surface area contributed by atoms with Crippen molar-refractivity contribution < 1.29 is 18.9 Å². The van der Waals surface area contributed by atoms with Gasteiger partial charge in [0.05, 0.1) is 27.0 Å². The molecule has 2 N–H and O–H groups in total. The summed E-state index contributed by atoms with van der Waals surface area (Å²) in [5, 5.41) is 2.82. The fourth-order valence-corrected chi connectivity index (χ4v) is 2.47. The van der Waals surface area contributed by atoms with Crippen LogP contribution in [0.3, 0.4) is 0 Å². The highest BCUT2D eigenvalue weighted by molar-refractivity contribution is 7.09. The maximum absolute atomic E-state index is 5.72. The lowest BCUT2D eigenvalue weighted by molar-refractivity contribution is 0.288. The Bertz CT molecular complexity index is 575. The summed E-state index contributed by atoms with van der Waals surface area (Å²) in [6.07, 6.45) is 0. The molecule has 0 fully saturated rings. The summed E-state index contributed by atoms with van der Waals surface area (Å²) in [4.78, 5) is 4.34. The maximum atomic E-state index is 5.72. The lowest BCUT2D eigenvalue weighted by Gasteiger charge is -2.14. The van der Waals surface area contributed by atoms with Gasteiger partial charge in [-0.3, -0.25) is 0 Å². The first-order valence-electron chi connectivity index (χ1n) is 6.28. The van der Waals surface area contributed by atoms with E-state index in [0.29, 0.717) is 36.1 Å². The average Bonchev–Trinajstić information content (AvgIpc) is 2.99. The number of aromatic nitrogens is 1. The predicted octanol–water partition coefficient (Wildman–Crippen LogP) is 2.21. The Labute approximate surface area is 127 Å². The van der Waals surface area contributed by atoms with Gasteiger partial charge in [-0.2, -0.15) is 0 Å². The number of nitrogens with zero attached hydrogens (tertiary/aromatic N) is 1. The second-order valence-electron chi connectivity index (χ2n) is 4.09. The van der Waals surface area contributed by atoms with Crippen LogP contribution < -0.4 is 24.7 Å². The van der Waals surface area contributed by atoms with Crippen LogP contribution in [0.4, 0.5) is 0 Å². The molecule has 1 heterocycles. The average molecular weight is 310 g/mol. The minimum Gasteiger partial charge on any atom is -0.493 e. The molecule has 0 aliphatic carbocycles. The Morgan fingerprint density at radius 2 is 1.76 bits per heavy atom. The molecular weight excluding hydrogens is 292 g/mol. The molecule has 0 saturated heterocycles. The van der Waals surface area contributed by atoms with Crippen molar-refractivity contribution in [3.63, 3.8) is 0 Å².